The first kappa shape index (κ1) is 14.3. The summed E-state index contributed by atoms with van der Waals surface area (Å²) in [5.41, 5.74) is 0. The van der Waals surface area contributed by atoms with Crippen LogP contribution in [-0.4, -0.2) is 17.2 Å². The smallest absolute Gasteiger partial charge is 0.404 e. The van der Waals surface area contributed by atoms with Gasteiger partial charge in [-0.25, -0.2) is 4.79 Å². The Bertz CT molecular complexity index is 236. The fourth-order valence-electron chi connectivity index (χ4n) is 2.53. The van der Waals surface area contributed by atoms with Crippen molar-refractivity contribution in [2.24, 2.45) is 17.8 Å². The molecule has 0 unspecified atom stereocenters. The molecule has 2 N–H and O–H groups in total. The summed E-state index contributed by atoms with van der Waals surface area (Å²) < 4.78 is 0. The molecule has 1 amide bonds. The van der Waals surface area contributed by atoms with Crippen LogP contribution in [0, 0.1) is 17.8 Å². The van der Waals surface area contributed by atoms with Crippen molar-refractivity contribution in [1.29, 1.82) is 0 Å². The van der Waals surface area contributed by atoms with Gasteiger partial charge in [0, 0.05) is 6.04 Å². The molecule has 0 spiro atoms. The standard InChI is InChI=1S/C11H21NO2.C3H6/c1-7(2)9-5-4-8(3)6-10(9)12-11(13)14;1-2-3-1/h7-10,12H,4-6H2,1-3H3,(H,13,14);1-3H2/t8-,9+,10+;/m0./s1. The lowest BCUT2D eigenvalue weighted by Crippen LogP contribution is -2.45. The molecule has 2 aliphatic rings. The Labute approximate surface area is 105 Å². The van der Waals surface area contributed by atoms with Gasteiger partial charge >= 0.3 is 6.09 Å². The third-order valence-corrected chi connectivity index (χ3v) is 3.68. The molecule has 2 aliphatic carbocycles. The van der Waals surface area contributed by atoms with Crippen molar-refractivity contribution in [3.8, 4) is 0 Å². The van der Waals surface area contributed by atoms with Crippen LogP contribution in [-0.2, 0) is 0 Å². The molecule has 2 fully saturated rings. The first-order valence-electron chi connectivity index (χ1n) is 7.00. The molecule has 0 saturated heterocycles. The van der Waals surface area contributed by atoms with Crippen LogP contribution in [0.5, 0.6) is 0 Å². The van der Waals surface area contributed by atoms with Crippen LogP contribution >= 0.6 is 0 Å². The largest absolute Gasteiger partial charge is 0.465 e. The van der Waals surface area contributed by atoms with E-state index in [0.717, 1.165) is 12.8 Å². The van der Waals surface area contributed by atoms with Gasteiger partial charge in [-0.1, -0.05) is 46.5 Å². The highest BCUT2D eigenvalue weighted by Crippen LogP contribution is 2.33. The maximum atomic E-state index is 10.6. The minimum atomic E-state index is -0.880. The molecule has 0 heterocycles. The Hall–Kier alpha value is -0.730. The Kier molecular flexibility index (Phi) is 5.79. The predicted octanol–water partition coefficient (Wildman–Crippen LogP) is 3.89. The predicted molar refractivity (Wildman–Crippen MR) is 70.1 cm³/mol. The van der Waals surface area contributed by atoms with E-state index in [9.17, 15) is 4.79 Å². The summed E-state index contributed by atoms with van der Waals surface area (Å²) in [6.45, 7) is 6.56. The van der Waals surface area contributed by atoms with Gasteiger partial charge in [0.05, 0.1) is 0 Å². The topological polar surface area (TPSA) is 49.3 Å². The highest BCUT2D eigenvalue weighted by molar-refractivity contribution is 5.64. The molecular formula is C14H27NO2. The van der Waals surface area contributed by atoms with Crippen LogP contribution < -0.4 is 5.32 Å². The third-order valence-electron chi connectivity index (χ3n) is 3.68. The van der Waals surface area contributed by atoms with E-state index in [1.807, 2.05) is 0 Å². The number of rotatable bonds is 2. The number of carboxylic acid groups (broad SMARTS) is 1. The molecule has 3 heteroatoms. The molecule has 0 aromatic heterocycles. The second-order valence-electron chi connectivity index (χ2n) is 5.94. The van der Waals surface area contributed by atoms with Crippen molar-refractivity contribution < 1.29 is 9.90 Å². The van der Waals surface area contributed by atoms with Gasteiger partial charge in [-0.2, -0.15) is 0 Å². The molecule has 0 radical (unpaired) electrons. The van der Waals surface area contributed by atoms with Crippen LogP contribution in [0.3, 0.4) is 0 Å². The second-order valence-corrected chi connectivity index (χ2v) is 5.94. The minimum absolute atomic E-state index is 0.163. The molecule has 100 valence electrons. The molecule has 0 aromatic rings. The molecular weight excluding hydrogens is 214 g/mol. The van der Waals surface area contributed by atoms with Crippen LogP contribution in [0.15, 0.2) is 0 Å². The van der Waals surface area contributed by atoms with E-state index in [4.69, 9.17) is 5.11 Å². The van der Waals surface area contributed by atoms with Crippen molar-refractivity contribution in [3.63, 3.8) is 0 Å². The molecule has 0 bridgehead atoms. The van der Waals surface area contributed by atoms with E-state index in [1.54, 1.807) is 0 Å². The first-order valence-corrected chi connectivity index (χ1v) is 7.00. The monoisotopic (exact) mass is 241 g/mol. The van der Waals surface area contributed by atoms with Gasteiger partial charge in [-0.15, -0.1) is 0 Å². The summed E-state index contributed by atoms with van der Waals surface area (Å²) in [6.07, 6.45) is 7.01. The van der Waals surface area contributed by atoms with Crippen molar-refractivity contribution in [2.45, 2.75) is 65.3 Å². The van der Waals surface area contributed by atoms with Gasteiger partial charge in [0.2, 0.25) is 0 Å². The normalized spacial score (nSPS) is 31.4. The lowest BCUT2D eigenvalue weighted by molar-refractivity contribution is 0.147. The fourth-order valence-corrected chi connectivity index (χ4v) is 2.53. The van der Waals surface area contributed by atoms with Crippen molar-refractivity contribution >= 4 is 6.09 Å². The molecule has 2 saturated carbocycles. The van der Waals surface area contributed by atoms with Gasteiger partial charge in [0.1, 0.15) is 0 Å². The Balaban J connectivity index is 0.000000415. The van der Waals surface area contributed by atoms with E-state index in [0.29, 0.717) is 17.8 Å². The van der Waals surface area contributed by atoms with Gasteiger partial charge < -0.3 is 10.4 Å². The van der Waals surface area contributed by atoms with Crippen LogP contribution in [0.25, 0.3) is 0 Å². The van der Waals surface area contributed by atoms with Crippen molar-refractivity contribution in [3.05, 3.63) is 0 Å². The van der Waals surface area contributed by atoms with Gasteiger partial charge in [-0.3, -0.25) is 0 Å². The second kappa shape index (κ2) is 6.87. The average molecular weight is 241 g/mol. The van der Waals surface area contributed by atoms with Crippen LogP contribution in [0.1, 0.15) is 59.3 Å². The molecule has 0 aromatic carbocycles. The van der Waals surface area contributed by atoms with E-state index in [-0.39, 0.29) is 6.04 Å². The fraction of sp³-hybridized carbons (Fsp3) is 0.929. The van der Waals surface area contributed by atoms with E-state index >= 15 is 0 Å². The van der Waals surface area contributed by atoms with Gasteiger partial charge in [-0.05, 0) is 30.6 Å². The molecule has 3 atom stereocenters. The minimum Gasteiger partial charge on any atom is -0.465 e. The summed E-state index contributed by atoms with van der Waals surface area (Å²) in [5, 5.41) is 11.4. The zero-order valence-corrected chi connectivity index (χ0v) is 11.4. The summed E-state index contributed by atoms with van der Waals surface area (Å²) in [7, 11) is 0. The average Bonchev–Trinajstić information content (AvgIpc) is 3.02. The molecule has 17 heavy (non-hydrogen) atoms. The zero-order valence-electron chi connectivity index (χ0n) is 11.4. The number of nitrogens with one attached hydrogen (secondary N) is 1. The van der Waals surface area contributed by atoms with Crippen LogP contribution in [0.4, 0.5) is 4.79 Å². The van der Waals surface area contributed by atoms with Crippen molar-refractivity contribution in [1.82, 2.24) is 5.32 Å². The summed E-state index contributed by atoms with van der Waals surface area (Å²) in [5.74, 6) is 1.74. The van der Waals surface area contributed by atoms with Gasteiger partial charge in [0.15, 0.2) is 0 Å². The number of hydrogen-bond donors (Lipinski definition) is 2. The maximum Gasteiger partial charge on any atom is 0.404 e. The van der Waals surface area contributed by atoms with E-state index in [1.165, 1.54) is 25.7 Å². The first-order chi connectivity index (χ1) is 8.00. The summed E-state index contributed by atoms with van der Waals surface area (Å²) in [4.78, 5) is 10.6. The number of carbonyl (C=O) groups is 1. The molecule has 2 rings (SSSR count). The highest BCUT2D eigenvalue weighted by Gasteiger charge is 2.31. The number of amides is 1. The summed E-state index contributed by atoms with van der Waals surface area (Å²) in [6, 6.07) is 0.163. The zero-order chi connectivity index (χ0) is 12.8. The SMILES string of the molecule is C1CC1.CC(C)[C@H]1CC[C@H](C)C[C@H]1NC(=O)O. The van der Waals surface area contributed by atoms with Gasteiger partial charge in [0.25, 0.3) is 0 Å². The Morgan fingerprint density at radius 2 is 1.82 bits per heavy atom. The lowest BCUT2D eigenvalue weighted by Gasteiger charge is -2.37. The summed E-state index contributed by atoms with van der Waals surface area (Å²) >= 11 is 0. The Morgan fingerprint density at radius 3 is 2.24 bits per heavy atom. The third kappa shape index (κ3) is 5.94. The Morgan fingerprint density at radius 1 is 1.24 bits per heavy atom. The quantitative estimate of drug-likeness (QED) is 0.770. The highest BCUT2D eigenvalue weighted by atomic mass is 16.4. The number of hydrogen-bond acceptors (Lipinski definition) is 1. The van der Waals surface area contributed by atoms with E-state index < -0.39 is 6.09 Å². The lowest BCUT2D eigenvalue weighted by atomic mass is 9.74. The maximum absolute atomic E-state index is 10.6. The van der Waals surface area contributed by atoms with E-state index in [2.05, 4.69) is 26.1 Å². The molecule has 0 aliphatic heterocycles. The van der Waals surface area contributed by atoms with Crippen LogP contribution in [0.2, 0.25) is 0 Å². The van der Waals surface area contributed by atoms with Crippen molar-refractivity contribution in [2.75, 3.05) is 0 Å². The molecule has 3 nitrogen and oxygen atoms in total.